The van der Waals surface area contributed by atoms with E-state index in [0.717, 1.165) is 11.3 Å². The number of aryl methyl sites for hydroxylation is 1. The predicted molar refractivity (Wildman–Crippen MR) is 53.2 cm³/mol. The van der Waals surface area contributed by atoms with Gasteiger partial charge in [0.15, 0.2) is 0 Å². The molecule has 0 saturated carbocycles. The van der Waals surface area contributed by atoms with Crippen molar-refractivity contribution in [3.8, 4) is 11.3 Å². The van der Waals surface area contributed by atoms with E-state index in [1.54, 1.807) is 37.4 Å². The fourth-order valence-corrected chi connectivity index (χ4v) is 1.27. The monoisotopic (exact) mass is 186 g/mol. The Morgan fingerprint density at radius 1 is 1.36 bits per heavy atom. The van der Waals surface area contributed by atoms with Crippen molar-refractivity contribution in [1.29, 1.82) is 0 Å². The van der Waals surface area contributed by atoms with Crippen molar-refractivity contribution in [2.75, 3.05) is 0 Å². The van der Waals surface area contributed by atoms with Gasteiger partial charge < -0.3 is 0 Å². The van der Waals surface area contributed by atoms with Crippen LogP contribution in [0.25, 0.3) is 11.3 Å². The number of hydrogen-bond donors (Lipinski definition) is 0. The highest BCUT2D eigenvalue weighted by atomic mass is 19.1. The van der Waals surface area contributed by atoms with Crippen molar-refractivity contribution in [2.24, 2.45) is 0 Å². The molecule has 1 aromatic carbocycles. The number of pyridine rings is 1. The first-order valence-corrected chi connectivity index (χ1v) is 4.36. The highest BCUT2D eigenvalue weighted by molar-refractivity contribution is 5.59. The zero-order valence-corrected chi connectivity index (χ0v) is 7.79. The minimum atomic E-state index is -0.190. The van der Waals surface area contributed by atoms with Crippen LogP contribution < -0.4 is 0 Å². The minimum absolute atomic E-state index is 0.190. The van der Waals surface area contributed by atoms with E-state index in [1.807, 2.05) is 0 Å². The van der Waals surface area contributed by atoms with Crippen molar-refractivity contribution >= 4 is 0 Å². The number of halogens is 1. The van der Waals surface area contributed by atoms with Gasteiger partial charge in [0.2, 0.25) is 0 Å². The SMILES string of the molecule is Cc1cc(-c2[c]cccn2)ccc1F. The zero-order chi connectivity index (χ0) is 9.97. The molecule has 1 radical (unpaired) electrons. The lowest BCUT2D eigenvalue weighted by Gasteiger charge is -2.01. The van der Waals surface area contributed by atoms with Crippen LogP contribution in [0.4, 0.5) is 4.39 Å². The van der Waals surface area contributed by atoms with Gasteiger partial charge in [-0.3, -0.25) is 4.98 Å². The Bertz CT molecular complexity index is 437. The third kappa shape index (κ3) is 1.64. The Balaban J connectivity index is 2.48. The molecule has 1 nitrogen and oxygen atoms in total. The Hall–Kier alpha value is -1.70. The fourth-order valence-electron chi connectivity index (χ4n) is 1.27. The smallest absolute Gasteiger partial charge is 0.126 e. The summed E-state index contributed by atoms with van der Waals surface area (Å²) in [6, 6.07) is 11.5. The summed E-state index contributed by atoms with van der Waals surface area (Å²) in [6.45, 7) is 1.74. The molecule has 2 rings (SSSR count). The first-order chi connectivity index (χ1) is 6.77. The molecule has 0 amide bonds. The van der Waals surface area contributed by atoms with Gasteiger partial charge in [-0.25, -0.2) is 4.39 Å². The normalized spacial score (nSPS) is 10.1. The molecular weight excluding hydrogens is 177 g/mol. The van der Waals surface area contributed by atoms with Gasteiger partial charge in [0, 0.05) is 17.8 Å². The highest BCUT2D eigenvalue weighted by Crippen LogP contribution is 2.18. The van der Waals surface area contributed by atoms with Crippen LogP contribution in [0, 0.1) is 18.8 Å². The van der Waals surface area contributed by atoms with Crippen molar-refractivity contribution in [3.05, 3.63) is 54.0 Å². The van der Waals surface area contributed by atoms with Crippen LogP contribution in [0.15, 0.2) is 36.5 Å². The average Bonchev–Trinajstić information content (AvgIpc) is 2.23. The number of benzene rings is 1. The molecule has 0 saturated heterocycles. The van der Waals surface area contributed by atoms with Crippen LogP contribution in [0.2, 0.25) is 0 Å². The van der Waals surface area contributed by atoms with E-state index in [-0.39, 0.29) is 5.82 Å². The van der Waals surface area contributed by atoms with E-state index in [0.29, 0.717) is 5.56 Å². The van der Waals surface area contributed by atoms with Crippen LogP contribution >= 0.6 is 0 Å². The lowest BCUT2D eigenvalue weighted by Crippen LogP contribution is -1.86. The fraction of sp³-hybridized carbons (Fsp3) is 0.0833. The van der Waals surface area contributed by atoms with E-state index in [1.165, 1.54) is 6.07 Å². The molecule has 1 aromatic heterocycles. The molecule has 0 aliphatic heterocycles. The lowest BCUT2D eigenvalue weighted by atomic mass is 10.1. The van der Waals surface area contributed by atoms with Gasteiger partial charge in [-0.05, 0) is 36.8 Å². The maximum absolute atomic E-state index is 13.0. The van der Waals surface area contributed by atoms with Gasteiger partial charge in [-0.15, -0.1) is 0 Å². The number of nitrogens with zero attached hydrogens (tertiary/aromatic N) is 1. The van der Waals surface area contributed by atoms with Gasteiger partial charge in [0.1, 0.15) is 5.82 Å². The Morgan fingerprint density at radius 3 is 2.86 bits per heavy atom. The number of aromatic nitrogens is 1. The largest absolute Gasteiger partial charge is 0.256 e. The average molecular weight is 186 g/mol. The summed E-state index contributed by atoms with van der Waals surface area (Å²) in [5.41, 5.74) is 2.27. The second-order valence-electron chi connectivity index (χ2n) is 3.09. The molecule has 0 fully saturated rings. The molecule has 0 spiro atoms. The maximum Gasteiger partial charge on any atom is 0.126 e. The van der Waals surface area contributed by atoms with Gasteiger partial charge in [-0.2, -0.15) is 0 Å². The maximum atomic E-state index is 13.0. The quantitative estimate of drug-likeness (QED) is 0.667. The zero-order valence-electron chi connectivity index (χ0n) is 7.79. The van der Waals surface area contributed by atoms with E-state index in [4.69, 9.17) is 0 Å². The first kappa shape index (κ1) is 8.88. The summed E-state index contributed by atoms with van der Waals surface area (Å²) in [6.07, 6.45) is 1.70. The van der Waals surface area contributed by atoms with E-state index in [9.17, 15) is 4.39 Å². The highest BCUT2D eigenvalue weighted by Gasteiger charge is 2.01. The molecule has 0 atom stereocenters. The third-order valence-corrected chi connectivity index (χ3v) is 2.04. The molecule has 1 heterocycles. The summed E-state index contributed by atoms with van der Waals surface area (Å²) in [5.74, 6) is -0.190. The topological polar surface area (TPSA) is 12.9 Å². The van der Waals surface area contributed by atoms with Crippen molar-refractivity contribution in [1.82, 2.24) is 4.98 Å². The van der Waals surface area contributed by atoms with Crippen LogP contribution in [-0.4, -0.2) is 4.98 Å². The molecule has 69 valence electrons. The molecule has 0 N–H and O–H groups in total. The summed E-state index contributed by atoms with van der Waals surface area (Å²) >= 11 is 0. The van der Waals surface area contributed by atoms with Gasteiger partial charge in [0.05, 0.1) is 5.69 Å². The molecule has 0 unspecified atom stereocenters. The molecule has 0 aliphatic carbocycles. The van der Waals surface area contributed by atoms with Crippen LogP contribution in [0.1, 0.15) is 5.56 Å². The number of hydrogen-bond acceptors (Lipinski definition) is 1. The van der Waals surface area contributed by atoms with E-state index in [2.05, 4.69) is 11.1 Å². The van der Waals surface area contributed by atoms with Crippen LogP contribution in [-0.2, 0) is 0 Å². The Morgan fingerprint density at radius 2 is 2.21 bits per heavy atom. The van der Waals surface area contributed by atoms with Gasteiger partial charge in [-0.1, -0.05) is 6.07 Å². The molecular formula is C12H9FN. The van der Waals surface area contributed by atoms with Gasteiger partial charge in [0.25, 0.3) is 0 Å². The summed E-state index contributed by atoms with van der Waals surface area (Å²) < 4.78 is 13.0. The second-order valence-corrected chi connectivity index (χ2v) is 3.09. The molecule has 14 heavy (non-hydrogen) atoms. The van der Waals surface area contributed by atoms with Crippen LogP contribution in [0.3, 0.4) is 0 Å². The Labute approximate surface area is 82.2 Å². The summed E-state index contributed by atoms with van der Waals surface area (Å²) in [4.78, 5) is 4.14. The molecule has 0 aliphatic rings. The third-order valence-electron chi connectivity index (χ3n) is 2.04. The summed E-state index contributed by atoms with van der Waals surface area (Å²) in [7, 11) is 0. The van der Waals surface area contributed by atoms with E-state index < -0.39 is 0 Å². The molecule has 0 bridgehead atoms. The van der Waals surface area contributed by atoms with Crippen LogP contribution in [0.5, 0.6) is 0 Å². The lowest BCUT2D eigenvalue weighted by molar-refractivity contribution is 0.619. The standard InChI is InChI=1S/C12H9FN/c1-9-8-10(5-6-11(9)13)12-4-2-3-7-14-12/h2-3,5-8H,1H3. The molecule has 2 aromatic rings. The van der Waals surface area contributed by atoms with E-state index >= 15 is 0 Å². The summed E-state index contributed by atoms with van der Waals surface area (Å²) in [5, 5.41) is 0. The molecule has 2 heteroatoms. The second kappa shape index (κ2) is 3.58. The first-order valence-electron chi connectivity index (χ1n) is 4.36. The van der Waals surface area contributed by atoms with Crippen molar-refractivity contribution < 1.29 is 4.39 Å². The van der Waals surface area contributed by atoms with Gasteiger partial charge >= 0.3 is 0 Å². The Kier molecular flexibility index (Phi) is 2.27. The minimum Gasteiger partial charge on any atom is -0.256 e. The van der Waals surface area contributed by atoms with Crippen molar-refractivity contribution in [3.63, 3.8) is 0 Å². The van der Waals surface area contributed by atoms with Crippen molar-refractivity contribution in [2.45, 2.75) is 6.92 Å². The predicted octanol–water partition coefficient (Wildman–Crippen LogP) is 3.00. The number of rotatable bonds is 1.